The van der Waals surface area contributed by atoms with Crippen LogP contribution in [-0.4, -0.2) is 15.1 Å². The van der Waals surface area contributed by atoms with Crippen LogP contribution in [0.15, 0.2) is 29.5 Å². The SMILES string of the molecule is c1ncc(-c2cnoc2)[nH]1. The molecule has 2 heterocycles. The van der Waals surface area contributed by atoms with Gasteiger partial charge in [-0.1, -0.05) is 5.16 Å². The van der Waals surface area contributed by atoms with E-state index in [9.17, 15) is 0 Å². The van der Waals surface area contributed by atoms with Crippen LogP contribution in [0.5, 0.6) is 0 Å². The average molecular weight is 135 g/mol. The van der Waals surface area contributed by atoms with Gasteiger partial charge in [-0.05, 0) is 0 Å². The highest BCUT2D eigenvalue weighted by Gasteiger charge is 1.98. The first kappa shape index (κ1) is 5.22. The lowest BCUT2D eigenvalue weighted by molar-refractivity contribution is 0.420. The van der Waals surface area contributed by atoms with Crippen molar-refractivity contribution in [3.8, 4) is 11.3 Å². The highest BCUT2D eigenvalue weighted by molar-refractivity contribution is 5.54. The van der Waals surface area contributed by atoms with E-state index >= 15 is 0 Å². The second-order valence-corrected chi connectivity index (χ2v) is 1.88. The number of H-pyrrole nitrogens is 1. The molecule has 1 N–H and O–H groups in total. The number of aromatic amines is 1. The standard InChI is InChI=1S/C6H5N3O/c1-5(3-10-9-1)6-2-7-4-8-6/h1-4H,(H,7,8). The monoisotopic (exact) mass is 135 g/mol. The van der Waals surface area contributed by atoms with Gasteiger partial charge in [0.05, 0.1) is 30.0 Å². The third-order valence-electron chi connectivity index (χ3n) is 1.24. The van der Waals surface area contributed by atoms with E-state index in [1.165, 1.54) is 0 Å². The van der Waals surface area contributed by atoms with Crippen molar-refractivity contribution in [1.82, 2.24) is 15.1 Å². The van der Waals surface area contributed by atoms with Crippen molar-refractivity contribution < 1.29 is 4.52 Å². The van der Waals surface area contributed by atoms with E-state index in [1.54, 1.807) is 25.0 Å². The molecule has 10 heavy (non-hydrogen) atoms. The van der Waals surface area contributed by atoms with Crippen molar-refractivity contribution in [1.29, 1.82) is 0 Å². The van der Waals surface area contributed by atoms with E-state index in [-0.39, 0.29) is 0 Å². The molecule has 0 atom stereocenters. The van der Waals surface area contributed by atoms with Crippen molar-refractivity contribution in [2.24, 2.45) is 0 Å². The first-order valence-corrected chi connectivity index (χ1v) is 2.85. The normalized spacial score (nSPS) is 10.0. The Labute approximate surface area is 56.9 Å². The summed E-state index contributed by atoms with van der Waals surface area (Å²) in [6.07, 6.45) is 6.52. The Morgan fingerprint density at radius 1 is 1.40 bits per heavy atom. The summed E-state index contributed by atoms with van der Waals surface area (Å²) in [6, 6.07) is 0. The molecule has 0 aliphatic carbocycles. The van der Waals surface area contributed by atoms with E-state index in [0.717, 1.165) is 11.3 Å². The van der Waals surface area contributed by atoms with Crippen molar-refractivity contribution in [2.45, 2.75) is 0 Å². The quantitative estimate of drug-likeness (QED) is 0.636. The van der Waals surface area contributed by atoms with Crippen LogP contribution >= 0.6 is 0 Å². The van der Waals surface area contributed by atoms with E-state index in [4.69, 9.17) is 0 Å². The van der Waals surface area contributed by atoms with Gasteiger partial charge >= 0.3 is 0 Å². The topological polar surface area (TPSA) is 54.7 Å². The zero-order valence-corrected chi connectivity index (χ0v) is 5.11. The zero-order chi connectivity index (χ0) is 6.81. The van der Waals surface area contributed by atoms with Gasteiger partial charge in [-0.2, -0.15) is 0 Å². The maximum Gasteiger partial charge on any atom is 0.133 e. The number of hydrogen-bond donors (Lipinski definition) is 1. The molecule has 4 heteroatoms. The van der Waals surface area contributed by atoms with Crippen molar-refractivity contribution in [3.63, 3.8) is 0 Å². The molecule has 0 fully saturated rings. The molecule has 50 valence electrons. The van der Waals surface area contributed by atoms with Crippen LogP contribution in [0.2, 0.25) is 0 Å². The molecular formula is C6H5N3O. The predicted octanol–water partition coefficient (Wildman–Crippen LogP) is 1.06. The summed E-state index contributed by atoms with van der Waals surface area (Å²) in [5, 5.41) is 3.56. The third-order valence-corrected chi connectivity index (χ3v) is 1.24. The minimum Gasteiger partial charge on any atom is -0.364 e. The number of nitrogens with one attached hydrogen (secondary N) is 1. The van der Waals surface area contributed by atoms with Crippen LogP contribution in [-0.2, 0) is 0 Å². The first-order valence-electron chi connectivity index (χ1n) is 2.85. The maximum absolute atomic E-state index is 4.64. The second-order valence-electron chi connectivity index (χ2n) is 1.88. The predicted molar refractivity (Wildman–Crippen MR) is 34.1 cm³/mol. The van der Waals surface area contributed by atoms with Crippen LogP contribution in [0.4, 0.5) is 0 Å². The Balaban J connectivity index is 2.48. The Morgan fingerprint density at radius 3 is 3.00 bits per heavy atom. The smallest absolute Gasteiger partial charge is 0.133 e. The van der Waals surface area contributed by atoms with Crippen LogP contribution in [0.25, 0.3) is 11.3 Å². The summed E-state index contributed by atoms with van der Waals surface area (Å²) >= 11 is 0. The van der Waals surface area contributed by atoms with Crippen LogP contribution in [0.1, 0.15) is 0 Å². The Morgan fingerprint density at radius 2 is 2.40 bits per heavy atom. The lowest BCUT2D eigenvalue weighted by atomic mass is 10.3. The second kappa shape index (κ2) is 1.98. The highest BCUT2D eigenvalue weighted by atomic mass is 16.5. The van der Waals surface area contributed by atoms with Crippen LogP contribution in [0.3, 0.4) is 0 Å². The number of rotatable bonds is 1. The van der Waals surface area contributed by atoms with Gasteiger partial charge < -0.3 is 9.51 Å². The van der Waals surface area contributed by atoms with Crippen molar-refractivity contribution in [2.75, 3.05) is 0 Å². The van der Waals surface area contributed by atoms with Gasteiger partial charge in [0.2, 0.25) is 0 Å². The average Bonchev–Trinajstić information content (AvgIpc) is 2.59. The molecule has 0 aromatic carbocycles. The molecule has 2 aromatic rings. The summed E-state index contributed by atoms with van der Waals surface area (Å²) in [5.74, 6) is 0. The minimum atomic E-state index is 0.914. The van der Waals surface area contributed by atoms with Gasteiger partial charge in [0.15, 0.2) is 0 Å². The molecule has 0 saturated heterocycles. The molecule has 0 saturated carbocycles. The van der Waals surface area contributed by atoms with E-state index in [1.807, 2.05) is 0 Å². The summed E-state index contributed by atoms with van der Waals surface area (Å²) in [7, 11) is 0. The molecule has 2 rings (SSSR count). The molecular weight excluding hydrogens is 130 g/mol. The van der Waals surface area contributed by atoms with Gasteiger partial charge in [-0.15, -0.1) is 0 Å². The fourth-order valence-corrected chi connectivity index (χ4v) is 0.752. The van der Waals surface area contributed by atoms with Crippen LogP contribution < -0.4 is 0 Å². The Bertz CT molecular complexity index is 252. The summed E-state index contributed by atoms with van der Waals surface area (Å²) in [6.45, 7) is 0. The van der Waals surface area contributed by atoms with Crippen LogP contribution in [0, 0.1) is 0 Å². The number of nitrogens with zero attached hydrogens (tertiary/aromatic N) is 2. The van der Waals surface area contributed by atoms with Crippen molar-refractivity contribution in [3.05, 3.63) is 25.0 Å². The maximum atomic E-state index is 4.64. The fourth-order valence-electron chi connectivity index (χ4n) is 0.752. The van der Waals surface area contributed by atoms with Gasteiger partial charge in [0, 0.05) is 0 Å². The van der Waals surface area contributed by atoms with Gasteiger partial charge in [-0.3, -0.25) is 0 Å². The summed E-state index contributed by atoms with van der Waals surface area (Å²) in [5.41, 5.74) is 1.83. The molecule has 0 radical (unpaired) electrons. The van der Waals surface area contributed by atoms with Gasteiger partial charge in [0.25, 0.3) is 0 Å². The summed E-state index contributed by atoms with van der Waals surface area (Å²) in [4.78, 5) is 6.78. The van der Waals surface area contributed by atoms with Gasteiger partial charge in [-0.25, -0.2) is 4.98 Å². The molecule has 0 unspecified atom stereocenters. The highest BCUT2D eigenvalue weighted by Crippen LogP contribution is 2.12. The van der Waals surface area contributed by atoms with E-state index in [2.05, 4.69) is 19.6 Å². The molecule has 0 bridgehead atoms. The van der Waals surface area contributed by atoms with E-state index < -0.39 is 0 Å². The largest absolute Gasteiger partial charge is 0.364 e. The third kappa shape index (κ3) is 0.699. The number of hydrogen-bond acceptors (Lipinski definition) is 3. The Kier molecular flexibility index (Phi) is 1.04. The molecule has 4 nitrogen and oxygen atoms in total. The van der Waals surface area contributed by atoms with Gasteiger partial charge in [0.1, 0.15) is 6.26 Å². The Hall–Kier alpha value is -1.58. The zero-order valence-electron chi connectivity index (χ0n) is 5.11. The molecule has 0 amide bonds. The van der Waals surface area contributed by atoms with E-state index in [0.29, 0.717) is 0 Å². The lowest BCUT2D eigenvalue weighted by Gasteiger charge is -1.82. The fraction of sp³-hybridized carbons (Fsp3) is 0. The number of aromatic nitrogens is 3. The molecule has 0 aliphatic rings. The molecule has 0 spiro atoms. The van der Waals surface area contributed by atoms with Crippen molar-refractivity contribution >= 4 is 0 Å². The molecule has 2 aromatic heterocycles. The minimum absolute atomic E-state index is 0.914. The first-order chi connectivity index (χ1) is 4.97. The number of imidazole rings is 1. The molecule has 0 aliphatic heterocycles. The lowest BCUT2D eigenvalue weighted by Crippen LogP contribution is -1.68. The summed E-state index contributed by atoms with van der Waals surface area (Å²) < 4.78 is 4.64.